The third kappa shape index (κ3) is 2.82. The smallest absolute Gasteiger partial charge is 0.230 e. The maximum Gasteiger partial charge on any atom is 0.296 e. The highest BCUT2D eigenvalue weighted by Crippen LogP contribution is 2.36. The van der Waals surface area contributed by atoms with Crippen molar-refractivity contribution in [2.75, 3.05) is 0 Å². The van der Waals surface area contributed by atoms with Crippen molar-refractivity contribution in [3.8, 4) is 11.3 Å². The summed E-state index contributed by atoms with van der Waals surface area (Å²) >= 11 is 0. The van der Waals surface area contributed by atoms with Crippen LogP contribution in [0.5, 0.6) is 0 Å². The quantitative estimate of drug-likeness (QED) is 0.551. The van der Waals surface area contributed by atoms with Crippen molar-refractivity contribution < 1.29 is 4.57 Å². The summed E-state index contributed by atoms with van der Waals surface area (Å²) in [6.07, 6.45) is 5.39. The number of hydrogen-bond acceptors (Lipinski definition) is 1. The molecule has 4 rings (SSSR count). The van der Waals surface area contributed by atoms with Gasteiger partial charge in [-0.25, -0.2) is 4.57 Å². The minimum Gasteiger partial charge on any atom is -0.230 e. The van der Waals surface area contributed by atoms with Crippen LogP contribution in [0.3, 0.4) is 0 Å². The van der Waals surface area contributed by atoms with E-state index < -0.39 is 0 Å². The summed E-state index contributed by atoms with van der Waals surface area (Å²) in [5.74, 6) is 1.79. The van der Waals surface area contributed by atoms with Gasteiger partial charge in [0.15, 0.2) is 5.52 Å². The Morgan fingerprint density at radius 1 is 0.962 bits per heavy atom. The second kappa shape index (κ2) is 6.50. The van der Waals surface area contributed by atoms with E-state index in [0.29, 0.717) is 0 Å². The Morgan fingerprint density at radius 2 is 1.69 bits per heavy atom. The molecule has 0 atom stereocenters. The van der Waals surface area contributed by atoms with Gasteiger partial charge in [-0.05, 0) is 79.4 Å². The van der Waals surface area contributed by atoms with E-state index in [9.17, 15) is 0 Å². The highest BCUT2D eigenvalue weighted by atomic mass is 15.0. The fourth-order valence-electron chi connectivity index (χ4n) is 4.56. The molecule has 1 aliphatic rings. The lowest BCUT2D eigenvalue weighted by Crippen LogP contribution is -2.36. The molecule has 26 heavy (non-hydrogen) atoms. The molecule has 2 aromatic carbocycles. The van der Waals surface area contributed by atoms with Gasteiger partial charge in [0, 0.05) is 12.5 Å². The van der Waals surface area contributed by atoms with Crippen LogP contribution < -0.4 is 4.57 Å². The van der Waals surface area contributed by atoms with E-state index in [4.69, 9.17) is 4.98 Å². The van der Waals surface area contributed by atoms with Crippen LogP contribution in [0.4, 0.5) is 0 Å². The van der Waals surface area contributed by atoms with E-state index in [1.165, 1.54) is 64.6 Å². The minimum absolute atomic E-state index is 0.724. The highest BCUT2D eigenvalue weighted by molar-refractivity contribution is 5.92. The molecule has 1 saturated carbocycles. The maximum atomic E-state index is 4.93. The Hall–Kier alpha value is -2.22. The zero-order valence-electron chi connectivity index (χ0n) is 16.7. The van der Waals surface area contributed by atoms with Gasteiger partial charge < -0.3 is 0 Å². The van der Waals surface area contributed by atoms with Crippen LogP contribution in [-0.4, -0.2) is 4.98 Å². The van der Waals surface area contributed by atoms with E-state index in [0.717, 1.165) is 17.3 Å². The first-order valence-electron chi connectivity index (χ1n) is 9.84. The average Bonchev–Trinajstić information content (AvgIpc) is 3.14. The molecular formula is C24H29N2+. The minimum atomic E-state index is 0.724. The van der Waals surface area contributed by atoms with Gasteiger partial charge in [-0.1, -0.05) is 30.5 Å². The normalized spacial score (nSPS) is 15.1. The molecule has 1 fully saturated rings. The Bertz CT molecular complexity index is 995. The van der Waals surface area contributed by atoms with Gasteiger partial charge in [-0.3, -0.25) is 0 Å². The first-order chi connectivity index (χ1) is 12.5. The van der Waals surface area contributed by atoms with Crippen molar-refractivity contribution >= 4 is 10.9 Å². The fourth-order valence-corrected chi connectivity index (χ4v) is 4.56. The summed E-state index contributed by atoms with van der Waals surface area (Å²) in [6, 6.07) is 11.6. The Labute approximate surface area is 156 Å². The number of hydrogen-bond donors (Lipinski definition) is 0. The lowest BCUT2D eigenvalue weighted by atomic mass is 9.93. The van der Waals surface area contributed by atoms with Gasteiger partial charge in [-0.15, -0.1) is 0 Å². The molecule has 1 heterocycles. The van der Waals surface area contributed by atoms with Crippen LogP contribution in [0.2, 0.25) is 0 Å². The molecule has 0 radical (unpaired) electrons. The summed E-state index contributed by atoms with van der Waals surface area (Å²) in [5.41, 5.74) is 9.25. The summed E-state index contributed by atoms with van der Waals surface area (Å²) in [6.45, 7) is 8.74. The number of benzene rings is 2. The third-order valence-electron chi connectivity index (χ3n) is 6.27. The molecule has 0 bridgehead atoms. The van der Waals surface area contributed by atoms with Crippen LogP contribution in [0, 0.1) is 27.7 Å². The van der Waals surface area contributed by atoms with E-state index in [2.05, 4.69) is 69.6 Å². The van der Waals surface area contributed by atoms with Crippen LogP contribution >= 0.6 is 0 Å². The molecule has 0 amide bonds. The second-order valence-electron chi connectivity index (χ2n) is 8.08. The Balaban J connectivity index is 1.98. The summed E-state index contributed by atoms with van der Waals surface area (Å²) in [5, 5.41) is 1.26. The number of rotatable bonds is 2. The van der Waals surface area contributed by atoms with Crippen LogP contribution in [-0.2, 0) is 7.05 Å². The molecule has 0 saturated heterocycles. The predicted octanol–water partition coefficient (Wildman–Crippen LogP) is 5.62. The maximum absolute atomic E-state index is 4.93. The second-order valence-corrected chi connectivity index (χ2v) is 8.08. The molecule has 0 aliphatic heterocycles. The topological polar surface area (TPSA) is 16.8 Å². The highest BCUT2D eigenvalue weighted by Gasteiger charge is 2.23. The molecule has 1 aliphatic carbocycles. The van der Waals surface area contributed by atoms with Gasteiger partial charge in [0.2, 0.25) is 0 Å². The van der Waals surface area contributed by atoms with Crippen molar-refractivity contribution in [1.82, 2.24) is 4.98 Å². The van der Waals surface area contributed by atoms with Crippen molar-refractivity contribution in [1.29, 1.82) is 0 Å². The van der Waals surface area contributed by atoms with Gasteiger partial charge in [-0.2, -0.15) is 0 Å². The molecule has 134 valence electrons. The predicted molar refractivity (Wildman–Crippen MR) is 109 cm³/mol. The average molecular weight is 346 g/mol. The fraction of sp³-hybridized carbons (Fsp3) is 0.417. The standard InChI is InChI=1S/C24H29N2/c1-15-12-16(2)17(3)22(13-15)24-21-11-10-20(19-8-6-7-9-19)14-23(21)25-18(4)26(24)5/h10-14,19H,6-9H2,1-5H3/q+1. The third-order valence-corrected chi connectivity index (χ3v) is 6.27. The van der Waals surface area contributed by atoms with Crippen LogP contribution in [0.1, 0.15) is 59.7 Å². The van der Waals surface area contributed by atoms with E-state index in [-0.39, 0.29) is 0 Å². The molecule has 1 aromatic heterocycles. The first-order valence-corrected chi connectivity index (χ1v) is 9.84. The largest absolute Gasteiger partial charge is 0.296 e. The molecule has 3 aromatic rings. The van der Waals surface area contributed by atoms with E-state index in [1.807, 2.05) is 0 Å². The van der Waals surface area contributed by atoms with E-state index >= 15 is 0 Å². The summed E-state index contributed by atoms with van der Waals surface area (Å²) in [4.78, 5) is 4.93. The van der Waals surface area contributed by atoms with E-state index in [1.54, 1.807) is 0 Å². The molecule has 0 N–H and O–H groups in total. The lowest BCUT2D eigenvalue weighted by Gasteiger charge is -2.15. The molecule has 2 heteroatoms. The number of fused-ring (bicyclic) bond motifs is 1. The molecule has 0 unspecified atom stereocenters. The Morgan fingerprint density at radius 3 is 2.42 bits per heavy atom. The molecular weight excluding hydrogens is 316 g/mol. The summed E-state index contributed by atoms with van der Waals surface area (Å²) in [7, 11) is 2.14. The van der Waals surface area contributed by atoms with Crippen LogP contribution in [0.15, 0.2) is 30.3 Å². The monoisotopic (exact) mass is 345 g/mol. The van der Waals surface area contributed by atoms with Crippen molar-refractivity contribution in [3.05, 3.63) is 58.4 Å². The zero-order valence-corrected chi connectivity index (χ0v) is 16.7. The zero-order chi connectivity index (χ0) is 18.4. The Kier molecular flexibility index (Phi) is 4.30. The van der Waals surface area contributed by atoms with Crippen molar-refractivity contribution in [3.63, 3.8) is 0 Å². The molecule has 0 spiro atoms. The van der Waals surface area contributed by atoms with Gasteiger partial charge in [0.05, 0.1) is 12.4 Å². The first kappa shape index (κ1) is 17.2. The van der Waals surface area contributed by atoms with Gasteiger partial charge in [0.1, 0.15) is 5.69 Å². The number of nitrogens with zero attached hydrogens (tertiary/aromatic N) is 2. The lowest BCUT2D eigenvalue weighted by molar-refractivity contribution is -0.668. The van der Waals surface area contributed by atoms with Crippen LogP contribution in [0.25, 0.3) is 22.2 Å². The number of aromatic nitrogens is 2. The van der Waals surface area contributed by atoms with Gasteiger partial charge >= 0.3 is 0 Å². The SMILES string of the molecule is Cc1cc(C)c(C)c(-c2c3ccc(C4CCCC4)cc3nc(C)[n+]2C)c1. The number of aryl methyl sites for hydroxylation is 3. The molecule has 2 nitrogen and oxygen atoms in total. The summed E-state index contributed by atoms with van der Waals surface area (Å²) < 4.78 is 2.25. The van der Waals surface area contributed by atoms with Gasteiger partial charge in [0.25, 0.3) is 5.82 Å². The van der Waals surface area contributed by atoms with Crippen molar-refractivity contribution in [2.24, 2.45) is 7.05 Å². The van der Waals surface area contributed by atoms with Crippen molar-refractivity contribution in [2.45, 2.75) is 59.3 Å².